The number of amides is 2. The molecule has 1 atom stereocenters. The third-order valence-corrected chi connectivity index (χ3v) is 3.82. The molecule has 2 heterocycles. The van der Waals surface area contributed by atoms with Crippen LogP contribution in [0, 0.1) is 12.8 Å². The van der Waals surface area contributed by atoms with Crippen molar-refractivity contribution in [2.24, 2.45) is 5.92 Å². The van der Waals surface area contributed by atoms with Gasteiger partial charge in [0.05, 0.1) is 0 Å². The Morgan fingerprint density at radius 2 is 2.26 bits per heavy atom. The monoisotopic (exact) mass is 282 g/mol. The minimum absolute atomic E-state index is 0.0745. The lowest BCUT2D eigenvalue weighted by atomic mass is 10.00. The normalized spacial score (nSPS) is 19.7. The van der Waals surface area contributed by atoms with E-state index in [0.717, 1.165) is 5.01 Å². The van der Waals surface area contributed by atoms with Crippen LogP contribution in [0.4, 0.5) is 0 Å². The molecule has 1 aliphatic rings. The molecule has 6 nitrogen and oxygen atoms in total. The quantitative estimate of drug-likeness (QED) is 0.891. The van der Waals surface area contributed by atoms with Gasteiger partial charge in [-0.25, -0.2) is 0 Å². The van der Waals surface area contributed by atoms with Crippen LogP contribution < -0.4 is 5.32 Å². The van der Waals surface area contributed by atoms with E-state index in [1.54, 1.807) is 4.90 Å². The third kappa shape index (κ3) is 3.09. The molecule has 1 aromatic rings. The summed E-state index contributed by atoms with van der Waals surface area (Å²) in [7, 11) is 0. The van der Waals surface area contributed by atoms with Crippen LogP contribution in [-0.4, -0.2) is 46.0 Å². The van der Waals surface area contributed by atoms with Gasteiger partial charge < -0.3 is 10.2 Å². The van der Waals surface area contributed by atoms with Crippen LogP contribution in [0.25, 0.3) is 0 Å². The van der Waals surface area contributed by atoms with Crippen molar-refractivity contribution < 1.29 is 9.59 Å². The van der Waals surface area contributed by atoms with Crippen LogP contribution in [0.1, 0.15) is 35.1 Å². The summed E-state index contributed by atoms with van der Waals surface area (Å²) in [6.45, 7) is 6.92. The average molecular weight is 282 g/mol. The second-order valence-electron chi connectivity index (χ2n) is 5.06. The smallest absolute Gasteiger partial charge is 0.285 e. The van der Waals surface area contributed by atoms with E-state index in [2.05, 4.69) is 15.5 Å². The van der Waals surface area contributed by atoms with Gasteiger partial charge in [-0.1, -0.05) is 25.2 Å². The highest BCUT2D eigenvalue weighted by atomic mass is 32.1. The summed E-state index contributed by atoms with van der Waals surface area (Å²) in [5, 5.41) is 11.7. The van der Waals surface area contributed by atoms with E-state index in [0.29, 0.717) is 30.4 Å². The maximum absolute atomic E-state index is 12.4. The van der Waals surface area contributed by atoms with Crippen LogP contribution in [0.2, 0.25) is 0 Å². The van der Waals surface area contributed by atoms with Crippen molar-refractivity contribution in [3.8, 4) is 0 Å². The average Bonchev–Trinajstić information content (AvgIpc) is 2.77. The van der Waals surface area contributed by atoms with Gasteiger partial charge in [0, 0.05) is 13.1 Å². The summed E-state index contributed by atoms with van der Waals surface area (Å²) < 4.78 is 0. The van der Waals surface area contributed by atoms with Crippen LogP contribution >= 0.6 is 11.3 Å². The first kappa shape index (κ1) is 13.9. The molecule has 19 heavy (non-hydrogen) atoms. The molecule has 1 aromatic heterocycles. The standard InChI is InChI=1S/C12H18N4O2S/c1-7(2)6-9-10(17)13-4-5-16(9)12(18)11-15-14-8(3)19-11/h7,9H,4-6H2,1-3H3,(H,13,17). The zero-order chi connectivity index (χ0) is 14.0. The molecule has 1 aliphatic heterocycles. The minimum atomic E-state index is -0.398. The lowest BCUT2D eigenvalue weighted by Crippen LogP contribution is -2.57. The van der Waals surface area contributed by atoms with Crippen molar-refractivity contribution in [1.82, 2.24) is 20.4 Å². The Kier molecular flexibility index (Phi) is 4.14. The fraction of sp³-hybridized carbons (Fsp3) is 0.667. The number of carbonyl (C=O) groups is 2. The van der Waals surface area contributed by atoms with Crippen LogP contribution in [0.3, 0.4) is 0 Å². The van der Waals surface area contributed by atoms with E-state index >= 15 is 0 Å². The number of aromatic nitrogens is 2. The minimum Gasteiger partial charge on any atom is -0.353 e. The molecule has 2 amide bonds. The van der Waals surface area contributed by atoms with Gasteiger partial charge in [-0.3, -0.25) is 9.59 Å². The fourth-order valence-corrected chi connectivity index (χ4v) is 2.79. The Morgan fingerprint density at radius 1 is 1.53 bits per heavy atom. The number of hydrogen-bond acceptors (Lipinski definition) is 5. The number of nitrogens with zero attached hydrogens (tertiary/aromatic N) is 3. The second kappa shape index (κ2) is 5.64. The predicted octanol–water partition coefficient (Wildman–Crippen LogP) is 0.833. The summed E-state index contributed by atoms with van der Waals surface area (Å²) >= 11 is 1.27. The number of carbonyl (C=O) groups excluding carboxylic acids is 2. The number of rotatable bonds is 3. The highest BCUT2D eigenvalue weighted by molar-refractivity contribution is 7.13. The Labute approximate surface area is 116 Å². The summed E-state index contributed by atoms with van der Waals surface area (Å²) in [6, 6.07) is -0.398. The van der Waals surface area contributed by atoms with Gasteiger partial charge >= 0.3 is 0 Å². The first-order valence-electron chi connectivity index (χ1n) is 6.38. The summed E-state index contributed by atoms with van der Waals surface area (Å²) in [6.07, 6.45) is 0.662. The molecule has 0 bridgehead atoms. The molecule has 1 unspecified atom stereocenters. The first-order valence-corrected chi connectivity index (χ1v) is 7.19. The van der Waals surface area contributed by atoms with E-state index < -0.39 is 6.04 Å². The molecule has 0 radical (unpaired) electrons. The maximum atomic E-state index is 12.4. The molecule has 1 saturated heterocycles. The Hall–Kier alpha value is -1.50. The fourth-order valence-electron chi connectivity index (χ4n) is 2.14. The molecule has 1 fully saturated rings. The van der Waals surface area contributed by atoms with Crippen LogP contribution in [0.5, 0.6) is 0 Å². The number of aryl methyl sites for hydroxylation is 1. The second-order valence-corrected chi connectivity index (χ2v) is 6.24. The zero-order valence-electron chi connectivity index (χ0n) is 11.3. The van der Waals surface area contributed by atoms with E-state index in [4.69, 9.17) is 0 Å². The van der Waals surface area contributed by atoms with E-state index in [1.807, 2.05) is 20.8 Å². The van der Waals surface area contributed by atoms with Gasteiger partial charge in [0.1, 0.15) is 11.0 Å². The van der Waals surface area contributed by atoms with Gasteiger partial charge in [0.25, 0.3) is 5.91 Å². The molecular weight excluding hydrogens is 264 g/mol. The van der Waals surface area contributed by atoms with E-state index in [-0.39, 0.29) is 11.8 Å². The van der Waals surface area contributed by atoms with Gasteiger partial charge in [0.15, 0.2) is 0 Å². The van der Waals surface area contributed by atoms with Gasteiger partial charge in [-0.05, 0) is 19.3 Å². The molecule has 7 heteroatoms. The topological polar surface area (TPSA) is 75.2 Å². The predicted molar refractivity (Wildman–Crippen MR) is 71.9 cm³/mol. The summed E-state index contributed by atoms with van der Waals surface area (Å²) in [4.78, 5) is 26.0. The summed E-state index contributed by atoms with van der Waals surface area (Å²) in [5.74, 6) is 0.0842. The van der Waals surface area contributed by atoms with Gasteiger partial charge in [-0.15, -0.1) is 10.2 Å². The van der Waals surface area contributed by atoms with Crippen LogP contribution in [0.15, 0.2) is 0 Å². The number of hydrogen-bond donors (Lipinski definition) is 1. The Morgan fingerprint density at radius 3 is 2.84 bits per heavy atom. The number of piperazine rings is 1. The van der Waals surface area contributed by atoms with Crippen LogP contribution in [-0.2, 0) is 4.79 Å². The highest BCUT2D eigenvalue weighted by Crippen LogP contribution is 2.19. The highest BCUT2D eigenvalue weighted by Gasteiger charge is 2.35. The Bertz CT molecular complexity index is 486. The van der Waals surface area contributed by atoms with Crippen molar-refractivity contribution in [2.45, 2.75) is 33.2 Å². The molecule has 2 rings (SSSR count). The van der Waals surface area contributed by atoms with E-state index in [1.165, 1.54) is 11.3 Å². The molecule has 0 spiro atoms. The third-order valence-electron chi connectivity index (χ3n) is 3.00. The van der Waals surface area contributed by atoms with E-state index in [9.17, 15) is 9.59 Å². The zero-order valence-corrected chi connectivity index (χ0v) is 12.2. The molecule has 1 N–H and O–H groups in total. The Balaban J connectivity index is 2.19. The van der Waals surface area contributed by atoms with Crippen molar-refractivity contribution in [3.05, 3.63) is 10.0 Å². The lowest BCUT2D eigenvalue weighted by Gasteiger charge is -2.35. The molecule has 0 saturated carbocycles. The maximum Gasteiger partial charge on any atom is 0.285 e. The first-order chi connectivity index (χ1) is 8.99. The molecule has 0 aromatic carbocycles. The molecular formula is C12H18N4O2S. The summed E-state index contributed by atoms with van der Waals surface area (Å²) in [5.41, 5.74) is 0. The van der Waals surface area contributed by atoms with Crippen molar-refractivity contribution in [2.75, 3.05) is 13.1 Å². The molecule has 104 valence electrons. The SMILES string of the molecule is Cc1nnc(C(=O)N2CCNC(=O)C2CC(C)C)s1. The van der Waals surface area contributed by atoms with Crippen molar-refractivity contribution in [3.63, 3.8) is 0 Å². The van der Waals surface area contributed by atoms with Crippen molar-refractivity contribution in [1.29, 1.82) is 0 Å². The largest absolute Gasteiger partial charge is 0.353 e. The van der Waals surface area contributed by atoms with Gasteiger partial charge in [0.2, 0.25) is 10.9 Å². The lowest BCUT2D eigenvalue weighted by molar-refractivity contribution is -0.128. The number of nitrogens with one attached hydrogen (secondary N) is 1. The van der Waals surface area contributed by atoms with Gasteiger partial charge in [-0.2, -0.15) is 0 Å². The van der Waals surface area contributed by atoms with Crippen molar-refractivity contribution >= 4 is 23.2 Å². The molecule has 0 aliphatic carbocycles.